The standard InChI is InChI=1S/C18H15Br2N/c1-12(13-6-8-21-9-7-13)18(20)16-3-2-15-11-17(19)5-4-14(15)10-16/h2-12,18H,1H3. The maximum atomic E-state index is 4.09. The topological polar surface area (TPSA) is 12.9 Å². The van der Waals surface area contributed by atoms with E-state index in [0.29, 0.717) is 5.92 Å². The summed E-state index contributed by atoms with van der Waals surface area (Å²) in [5.41, 5.74) is 2.59. The summed E-state index contributed by atoms with van der Waals surface area (Å²) in [6.45, 7) is 2.24. The molecule has 21 heavy (non-hydrogen) atoms. The molecule has 0 aliphatic rings. The van der Waals surface area contributed by atoms with E-state index in [4.69, 9.17) is 0 Å². The van der Waals surface area contributed by atoms with Crippen molar-refractivity contribution >= 4 is 42.6 Å². The molecule has 0 amide bonds. The first-order valence-electron chi connectivity index (χ1n) is 6.88. The summed E-state index contributed by atoms with van der Waals surface area (Å²) >= 11 is 7.38. The lowest BCUT2D eigenvalue weighted by Crippen LogP contribution is -2.02. The molecule has 0 bridgehead atoms. The highest BCUT2D eigenvalue weighted by Gasteiger charge is 2.18. The number of alkyl halides is 1. The number of pyridine rings is 1. The molecule has 0 fully saturated rings. The number of hydrogen-bond acceptors (Lipinski definition) is 1. The molecule has 0 spiro atoms. The maximum absolute atomic E-state index is 4.09. The molecule has 3 heteroatoms. The van der Waals surface area contributed by atoms with Crippen LogP contribution in [-0.2, 0) is 0 Å². The second-order valence-corrected chi connectivity index (χ2v) is 7.12. The zero-order valence-electron chi connectivity index (χ0n) is 11.6. The molecule has 0 aliphatic heterocycles. The van der Waals surface area contributed by atoms with Crippen molar-refractivity contribution in [2.75, 3.05) is 0 Å². The van der Waals surface area contributed by atoms with Crippen molar-refractivity contribution in [2.45, 2.75) is 17.7 Å². The van der Waals surface area contributed by atoms with Gasteiger partial charge in [-0.1, -0.05) is 57.0 Å². The summed E-state index contributed by atoms with van der Waals surface area (Å²) in [6.07, 6.45) is 3.70. The Morgan fingerprint density at radius 3 is 2.29 bits per heavy atom. The fraction of sp³-hybridized carbons (Fsp3) is 0.167. The van der Waals surface area contributed by atoms with Gasteiger partial charge in [0.05, 0.1) is 0 Å². The monoisotopic (exact) mass is 403 g/mol. The van der Waals surface area contributed by atoms with Gasteiger partial charge in [-0.3, -0.25) is 4.98 Å². The van der Waals surface area contributed by atoms with Gasteiger partial charge in [-0.05, 0) is 58.1 Å². The van der Waals surface area contributed by atoms with Gasteiger partial charge in [-0.25, -0.2) is 0 Å². The molecule has 1 nitrogen and oxygen atoms in total. The highest BCUT2D eigenvalue weighted by Crippen LogP contribution is 2.38. The second-order valence-electron chi connectivity index (χ2n) is 5.22. The molecule has 0 aliphatic carbocycles. The number of nitrogens with zero attached hydrogens (tertiary/aromatic N) is 1. The van der Waals surface area contributed by atoms with Crippen molar-refractivity contribution in [3.63, 3.8) is 0 Å². The Morgan fingerprint density at radius 1 is 0.857 bits per heavy atom. The molecule has 2 aromatic carbocycles. The van der Waals surface area contributed by atoms with Crippen LogP contribution in [0.3, 0.4) is 0 Å². The van der Waals surface area contributed by atoms with E-state index in [9.17, 15) is 0 Å². The van der Waals surface area contributed by atoms with Crippen LogP contribution in [0.15, 0.2) is 65.4 Å². The van der Waals surface area contributed by atoms with E-state index in [1.165, 1.54) is 21.9 Å². The van der Waals surface area contributed by atoms with Gasteiger partial charge in [0.25, 0.3) is 0 Å². The molecular formula is C18H15Br2N. The fourth-order valence-corrected chi connectivity index (χ4v) is 3.50. The van der Waals surface area contributed by atoms with E-state index in [1.807, 2.05) is 12.4 Å². The largest absolute Gasteiger partial charge is 0.265 e. The summed E-state index contributed by atoms with van der Waals surface area (Å²) in [4.78, 5) is 4.37. The molecule has 1 aromatic heterocycles. The van der Waals surface area contributed by atoms with Crippen LogP contribution >= 0.6 is 31.9 Å². The lowest BCUT2D eigenvalue weighted by molar-refractivity contribution is 0.751. The van der Waals surface area contributed by atoms with Crippen molar-refractivity contribution in [3.8, 4) is 0 Å². The van der Waals surface area contributed by atoms with E-state index >= 15 is 0 Å². The SMILES string of the molecule is CC(c1ccncc1)C(Br)c1ccc2cc(Br)ccc2c1. The quantitative estimate of drug-likeness (QED) is 0.471. The van der Waals surface area contributed by atoms with Crippen LogP contribution in [0.5, 0.6) is 0 Å². The molecule has 0 saturated heterocycles. The van der Waals surface area contributed by atoms with Gasteiger partial charge in [-0.15, -0.1) is 0 Å². The Labute approximate surface area is 141 Å². The third kappa shape index (κ3) is 3.19. The van der Waals surface area contributed by atoms with Gasteiger partial charge in [0.15, 0.2) is 0 Å². The summed E-state index contributed by atoms with van der Waals surface area (Å²) in [5, 5.41) is 2.52. The van der Waals surface area contributed by atoms with Gasteiger partial charge < -0.3 is 0 Å². The Morgan fingerprint density at radius 2 is 1.52 bits per heavy atom. The molecule has 2 unspecified atom stereocenters. The van der Waals surface area contributed by atoms with Crippen LogP contribution in [-0.4, -0.2) is 4.98 Å². The van der Waals surface area contributed by atoms with Gasteiger partial charge >= 0.3 is 0 Å². The first kappa shape index (κ1) is 14.7. The van der Waals surface area contributed by atoms with Crippen molar-refractivity contribution < 1.29 is 0 Å². The Balaban J connectivity index is 1.94. The van der Waals surface area contributed by atoms with E-state index < -0.39 is 0 Å². The number of rotatable bonds is 3. The van der Waals surface area contributed by atoms with E-state index in [-0.39, 0.29) is 4.83 Å². The van der Waals surface area contributed by atoms with E-state index in [2.05, 4.69) is 92.3 Å². The van der Waals surface area contributed by atoms with Gasteiger partial charge in [0.2, 0.25) is 0 Å². The highest BCUT2D eigenvalue weighted by molar-refractivity contribution is 9.10. The van der Waals surface area contributed by atoms with Gasteiger partial charge in [0.1, 0.15) is 0 Å². The van der Waals surface area contributed by atoms with Crippen LogP contribution in [0.1, 0.15) is 28.8 Å². The summed E-state index contributed by atoms with van der Waals surface area (Å²) in [5.74, 6) is 0.390. The molecule has 2 atom stereocenters. The summed E-state index contributed by atoms with van der Waals surface area (Å²) in [7, 11) is 0. The van der Waals surface area contributed by atoms with Gasteiger partial charge in [0, 0.05) is 21.7 Å². The molecule has 106 valence electrons. The Hall–Kier alpha value is -1.19. The molecular weight excluding hydrogens is 390 g/mol. The number of halogens is 2. The number of aromatic nitrogens is 1. The normalized spacial score (nSPS) is 14.0. The van der Waals surface area contributed by atoms with Crippen LogP contribution in [0, 0.1) is 0 Å². The van der Waals surface area contributed by atoms with Gasteiger partial charge in [-0.2, -0.15) is 0 Å². The number of benzene rings is 2. The van der Waals surface area contributed by atoms with E-state index in [1.54, 1.807) is 0 Å². The van der Waals surface area contributed by atoms with Crippen molar-refractivity contribution in [2.24, 2.45) is 0 Å². The lowest BCUT2D eigenvalue weighted by Gasteiger charge is -2.19. The Kier molecular flexibility index (Phi) is 4.41. The maximum Gasteiger partial charge on any atom is 0.0461 e. The first-order valence-corrected chi connectivity index (χ1v) is 8.59. The van der Waals surface area contributed by atoms with Crippen molar-refractivity contribution in [3.05, 3.63) is 76.5 Å². The number of fused-ring (bicyclic) bond motifs is 1. The molecule has 0 saturated carbocycles. The summed E-state index contributed by atoms with van der Waals surface area (Å²) < 4.78 is 1.11. The van der Waals surface area contributed by atoms with Crippen LogP contribution in [0.25, 0.3) is 10.8 Å². The Bertz CT molecular complexity index is 756. The zero-order chi connectivity index (χ0) is 14.8. The van der Waals surface area contributed by atoms with Crippen molar-refractivity contribution in [1.82, 2.24) is 4.98 Å². The fourth-order valence-electron chi connectivity index (χ4n) is 2.53. The van der Waals surface area contributed by atoms with Crippen LogP contribution in [0.2, 0.25) is 0 Å². The summed E-state index contributed by atoms with van der Waals surface area (Å²) in [6, 6.07) is 17.2. The predicted molar refractivity (Wildman–Crippen MR) is 96.0 cm³/mol. The average Bonchev–Trinajstić information content (AvgIpc) is 2.53. The third-order valence-electron chi connectivity index (χ3n) is 3.82. The average molecular weight is 405 g/mol. The first-order chi connectivity index (χ1) is 10.1. The molecule has 3 aromatic rings. The molecule has 0 N–H and O–H groups in total. The van der Waals surface area contributed by atoms with E-state index in [0.717, 1.165) is 4.47 Å². The van der Waals surface area contributed by atoms with Crippen molar-refractivity contribution in [1.29, 1.82) is 0 Å². The lowest BCUT2D eigenvalue weighted by atomic mass is 9.93. The zero-order valence-corrected chi connectivity index (χ0v) is 14.8. The van der Waals surface area contributed by atoms with Crippen LogP contribution < -0.4 is 0 Å². The number of hydrogen-bond donors (Lipinski definition) is 0. The molecule has 1 heterocycles. The smallest absolute Gasteiger partial charge is 0.0461 e. The predicted octanol–water partition coefficient (Wildman–Crippen LogP) is 6.24. The molecule has 3 rings (SSSR count). The minimum Gasteiger partial charge on any atom is -0.265 e. The minimum atomic E-state index is 0.285. The molecule has 0 radical (unpaired) electrons. The highest BCUT2D eigenvalue weighted by atomic mass is 79.9. The third-order valence-corrected chi connectivity index (χ3v) is 5.63. The van der Waals surface area contributed by atoms with Crippen LogP contribution in [0.4, 0.5) is 0 Å². The second kappa shape index (κ2) is 6.29. The minimum absolute atomic E-state index is 0.285.